The zero-order valence-electron chi connectivity index (χ0n) is 10.1. The van der Waals surface area contributed by atoms with Gasteiger partial charge in [0.05, 0.1) is 4.32 Å². The van der Waals surface area contributed by atoms with Crippen molar-refractivity contribution in [3.63, 3.8) is 0 Å². The smallest absolute Gasteiger partial charge is 0.239 e. The number of halogens is 1. The van der Waals surface area contributed by atoms with Crippen molar-refractivity contribution in [3.05, 3.63) is 0 Å². The molecule has 2 nitrogen and oxygen atoms in total. The Hall–Kier alpha value is -0.0500. The molecule has 0 heterocycles. The van der Waals surface area contributed by atoms with E-state index in [2.05, 4.69) is 43.6 Å². The predicted molar refractivity (Wildman–Crippen MR) is 64.7 cm³/mol. The zero-order valence-corrected chi connectivity index (χ0v) is 11.7. The maximum atomic E-state index is 12.0. The Morgan fingerprint density at radius 2 is 1.71 bits per heavy atom. The van der Waals surface area contributed by atoms with Crippen LogP contribution in [0.3, 0.4) is 0 Å². The van der Waals surface area contributed by atoms with E-state index in [9.17, 15) is 4.79 Å². The van der Waals surface area contributed by atoms with Gasteiger partial charge in [0.2, 0.25) is 5.91 Å². The Kier molecular flexibility index (Phi) is 5.13. The number of nitrogens with zero attached hydrogens (tertiary/aromatic N) is 1. The van der Waals surface area contributed by atoms with E-state index in [0.717, 1.165) is 6.54 Å². The van der Waals surface area contributed by atoms with Crippen LogP contribution in [-0.2, 0) is 4.79 Å². The molecule has 0 N–H and O–H groups in total. The third-order valence-electron chi connectivity index (χ3n) is 1.95. The minimum Gasteiger partial charge on any atom is -0.339 e. The SMILES string of the molecule is CC(C)CN(C(=O)C(C)(C)Br)C(C)C. The van der Waals surface area contributed by atoms with Gasteiger partial charge in [-0.25, -0.2) is 0 Å². The molecule has 0 aliphatic heterocycles. The molecule has 0 unspecified atom stereocenters. The number of carbonyl (C=O) groups is 1. The van der Waals surface area contributed by atoms with Crippen LogP contribution >= 0.6 is 15.9 Å². The second-order valence-electron chi connectivity index (χ2n) is 4.92. The molecule has 0 fully saturated rings. The molecule has 0 bridgehead atoms. The fourth-order valence-corrected chi connectivity index (χ4v) is 1.49. The first-order valence-electron chi connectivity index (χ1n) is 5.16. The lowest BCUT2D eigenvalue weighted by Crippen LogP contribution is -2.47. The summed E-state index contributed by atoms with van der Waals surface area (Å²) in [6.45, 7) is 13.0. The maximum absolute atomic E-state index is 12.0. The lowest BCUT2D eigenvalue weighted by Gasteiger charge is -2.33. The molecule has 0 atom stereocenters. The molecule has 0 aromatic heterocycles. The Bertz CT molecular complexity index is 194. The van der Waals surface area contributed by atoms with Crippen LogP contribution in [-0.4, -0.2) is 27.7 Å². The van der Waals surface area contributed by atoms with E-state index >= 15 is 0 Å². The van der Waals surface area contributed by atoms with Crippen LogP contribution < -0.4 is 0 Å². The molecule has 0 aromatic carbocycles. The summed E-state index contributed by atoms with van der Waals surface area (Å²) < 4.78 is -0.452. The van der Waals surface area contributed by atoms with Crippen LogP contribution in [0.2, 0.25) is 0 Å². The van der Waals surface area contributed by atoms with Gasteiger partial charge >= 0.3 is 0 Å². The summed E-state index contributed by atoms with van der Waals surface area (Å²) in [5.41, 5.74) is 0. The molecule has 0 saturated carbocycles. The van der Waals surface area contributed by atoms with Gasteiger partial charge in [-0.05, 0) is 33.6 Å². The molecule has 0 rings (SSSR count). The number of rotatable bonds is 4. The maximum Gasteiger partial charge on any atom is 0.239 e. The van der Waals surface area contributed by atoms with Gasteiger partial charge in [-0.2, -0.15) is 0 Å². The van der Waals surface area contributed by atoms with Crippen molar-refractivity contribution in [3.8, 4) is 0 Å². The molecule has 0 saturated heterocycles. The number of carbonyl (C=O) groups excluding carboxylic acids is 1. The van der Waals surface area contributed by atoms with Gasteiger partial charge in [0.15, 0.2) is 0 Å². The highest BCUT2D eigenvalue weighted by molar-refractivity contribution is 9.10. The van der Waals surface area contributed by atoms with E-state index in [-0.39, 0.29) is 11.9 Å². The molecule has 0 aliphatic rings. The fraction of sp³-hybridized carbons (Fsp3) is 0.909. The molecular formula is C11H22BrNO. The normalized spacial score (nSPS) is 12.4. The van der Waals surface area contributed by atoms with Gasteiger partial charge in [0.1, 0.15) is 0 Å². The minimum absolute atomic E-state index is 0.168. The van der Waals surface area contributed by atoms with Crippen molar-refractivity contribution in [2.75, 3.05) is 6.54 Å². The summed E-state index contributed by atoms with van der Waals surface area (Å²) in [6, 6.07) is 0.265. The van der Waals surface area contributed by atoms with E-state index < -0.39 is 4.32 Å². The first kappa shape index (κ1) is 13.9. The zero-order chi connectivity index (χ0) is 11.5. The third-order valence-corrected chi connectivity index (χ3v) is 2.29. The molecule has 1 amide bonds. The fourth-order valence-electron chi connectivity index (χ4n) is 1.26. The number of hydrogen-bond acceptors (Lipinski definition) is 1. The molecular weight excluding hydrogens is 242 g/mol. The van der Waals surface area contributed by atoms with Gasteiger partial charge in [-0.15, -0.1) is 0 Å². The quantitative estimate of drug-likeness (QED) is 0.715. The van der Waals surface area contributed by atoms with Gasteiger partial charge in [-0.3, -0.25) is 4.79 Å². The summed E-state index contributed by atoms with van der Waals surface area (Å²) >= 11 is 3.41. The lowest BCUT2D eigenvalue weighted by atomic mass is 10.1. The van der Waals surface area contributed by atoms with Crippen molar-refractivity contribution < 1.29 is 4.79 Å². The highest BCUT2D eigenvalue weighted by Gasteiger charge is 2.30. The van der Waals surface area contributed by atoms with Gasteiger partial charge < -0.3 is 4.90 Å². The average molecular weight is 264 g/mol. The minimum atomic E-state index is -0.452. The van der Waals surface area contributed by atoms with Crippen LogP contribution in [0.1, 0.15) is 41.5 Å². The molecule has 14 heavy (non-hydrogen) atoms. The standard InChI is InChI=1S/C11H22BrNO/c1-8(2)7-13(9(3)4)10(14)11(5,6)12/h8-9H,7H2,1-6H3. The molecule has 0 spiro atoms. The highest BCUT2D eigenvalue weighted by Crippen LogP contribution is 2.21. The topological polar surface area (TPSA) is 20.3 Å². The van der Waals surface area contributed by atoms with Crippen molar-refractivity contribution in [1.82, 2.24) is 4.90 Å². The average Bonchev–Trinajstić information content (AvgIpc) is 1.96. The van der Waals surface area contributed by atoms with Crippen LogP contribution in [0.5, 0.6) is 0 Å². The predicted octanol–water partition coefficient (Wildman–Crippen LogP) is 3.05. The largest absolute Gasteiger partial charge is 0.339 e. The highest BCUT2D eigenvalue weighted by atomic mass is 79.9. The van der Waals surface area contributed by atoms with E-state index in [4.69, 9.17) is 0 Å². The molecule has 0 aromatic rings. The van der Waals surface area contributed by atoms with E-state index in [0.29, 0.717) is 5.92 Å². The number of hydrogen-bond donors (Lipinski definition) is 0. The molecule has 84 valence electrons. The molecule has 3 heteroatoms. The Balaban J connectivity index is 4.59. The summed E-state index contributed by atoms with van der Waals surface area (Å²) in [5, 5.41) is 0. The Labute approximate surface area is 96.2 Å². The summed E-state index contributed by atoms with van der Waals surface area (Å²) in [6.07, 6.45) is 0. The van der Waals surface area contributed by atoms with E-state index in [1.54, 1.807) is 0 Å². The number of amides is 1. The first-order valence-corrected chi connectivity index (χ1v) is 5.95. The van der Waals surface area contributed by atoms with Crippen molar-refractivity contribution in [1.29, 1.82) is 0 Å². The van der Waals surface area contributed by atoms with Crippen LogP contribution in [0.4, 0.5) is 0 Å². The summed E-state index contributed by atoms with van der Waals surface area (Å²) in [5.74, 6) is 0.678. The van der Waals surface area contributed by atoms with Crippen LogP contribution in [0.25, 0.3) is 0 Å². The van der Waals surface area contributed by atoms with E-state index in [1.165, 1.54) is 0 Å². The number of alkyl halides is 1. The summed E-state index contributed by atoms with van der Waals surface area (Å²) in [7, 11) is 0. The van der Waals surface area contributed by atoms with Crippen molar-refractivity contribution in [2.45, 2.75) is 51.9 Å². The Morgan fingerprint density at radius 3 is 1.93 bits per heavy atom. The molecule has 0 radical (unpaired) electrons. The second-order valence-corrected chi connectivity index (χ2v) is 6.90. The second kappa shape index (κ2) is 5.15. The summed E-state index contributed by atoms with van der Waals surface area (Å²) in [4.78, 5) is 14.0. The van der Waals surface area contributed by atoms with Crippen molar-refractivity contribution >= 4 is 21.8 Å². The van der Waals surface area contributed by atoms with Gasteiger partial charge in [-0.1, -0.05) is 29.8 Å². The van der Waals surface area contributed by atoms with Crippen LogP contribution in [0.15, 0.2) is 0 Å². The van der Waals surface area contributed by atoms with Crippen LogP contribution in [0, 0.1) is 5.92 Å². The van der Waals surface area contributed by atoms with Gasteiger partial charge in [0, 0.05) is 12.6 Å². The van der Waals surface area contributed by atoms with Crippen molar-refractivity contribution in [2.24, 2.45) is 5.92 Å². The lowest BCUT2D eigenvalue weighted by molar-refractivity contribution is -0.135. The first-order chi connectivity index (χ1) is 6.16. The van der Waals surface area contributed by atoms with Gasteiger partial charge in [0.25, 0.3) is 0 Å². The van der Waals surface area contributed by atoms with E-state index in [1.807, 2.05) is 18.7 Å². The molecule has 0 aliphatic carbocycles. The third kappa shape index (κ3) is 4.45. The monoisotopic (exact) mass is 263 g/mol. The Morgan fingerprint density at radius 1 is 1.29 bits per heavy atom.